The third-order valence-corrected chi connectivity index (χ3v) is 7.07. The lowest BCUT2D eigenvalue weighted by Gasteiger charge is -2.40. The molecule has 0 N–H and O–H groups in total. The van der Waals surface area contributed by atoms with E-state index >= 15 is 0 Å². The highest BCUT2D eigenvalue weighted by Gasteiger charge is 2.38. The quantitative estimate of drug-likeness (QED) is 0.604. The van der Waals surface area contributed by atoms with Crippen molar-refractivity contribution in [3.05, 3.63) is 90.0 Å². The van der Waals surface area contributed by atoms with Gasteiger partial charge in [0, 0.05) is 37.6 Å². The van der Waals surface area contributed by atoms with E-state index in [0.717, 1.165) is 69.8 Å². The van der Waals surface area contributed by atoms with Crippen LogP contribution in [-0.2, 0) is 13.0 Å². The molecular weight excluding hydrogens is 396 g/mol. The number of carbonyl (C=O) groups is 1. The van der Waals surface area contributed by atoms with Crippen LogP contribution in [0.4, 0.5) is 0 Å². The van der Waals surface area contributed by atoms with Crippen molar-refractivity contribution in [2.24, 2.45) is 5.92 Å². The van der Waals surface area contributed by atoms with E-state index < -0.39 is 0 Å². The fourth-order valence-electron chi connectivity index (χ4n) is 5.33. The number of aromatic nitrogens is 2. The Balaban J connectivity index is 1.31. The molecule has 166 valence electrons. The molecule has 0 spiro atoms. The van der Waals surface area contributed by atoms with Crippen molar-refractivity contribution >= 4 is 5.91 Å². The summed E-state index contributed by atoms with van der Waals surface area (Å²) in [5, 5.41) is 0. The van der Waals surface area contributed by atoms with Gasteiger partial charge in [-0.1, -0.05) is 48.5 Å². The van der Waals surface area contributed by atoms with Crippen LogP contribution >= 0.6 is 0 Å². The molecule has 1 amide bonds. The van der Waals surface area contributed by atoms with E-state index in [-0.39, 0.29) is 11.9 Å². The largest absolute Gasteiger partial charge is 0.333 e. The topological polar surface area (TPSA) is 41.4 Å². The van der Waals surface area contributed by atoms with E-state index in [1.165, 1.54) is 5.56 Å². The maximum atomic E-state index is 13.5. The fourth-order valence-corrected chi connectivity index (χ4v) is 5.33. The van der Waals surface area contributed by atoms with E-state index in [2.05, 4.69) is 50.9 Å². The maximum absolute atomic E-state index is 13.5. The van der Waals surface area contributed by atoms with Crippen LogP contribution < -0.4 is 0 Å². The molecule has 0 radical (unpaired) electrons. The van der Waals surface area contributed by atoms with Gasteiger partial charge < -0.3 is 14.4 Å². The van der Waals surface area contributed by atoms with E-state index in [1.54, 1.807) is 0 Å². The SMILES string of the molecule is O=C(c1ccccc1)N1CCCn2ccnc2C1C1CCN(CCc2ccccc2)CC1. The van der Waals surface area contributed by atoms with E-state index in [9.17, 15) is 4.79 Å². The summed E-state index contributed by atoms with van der Waals surface area (Å²) in [5.41, 5.74) is 2.18. The Kier molecular flexibility index (Phi) is 6.35. The first-order valence-electron chi connectivity index (χ1n) is 11.9. The molecule has 1 unspecified atom stereocenters. The minimum Gasteiger partial charge on any atom is -0.333 e. The monoisotopic (exact) mass is 428 g/mol. The summed E-state index contributed by atoms with van der Waals surface area (Å²) in [6.45, 7) is 4.99. The molecule has 1 fully saturated rings. The highest BCUT2D eigenvalue weighted by molar-refractivity contribution is 5.94. The Morgan fingerprint density at radius 1 is 0.906 bits per heavy atom. The van der Waals surface area contributed by atoms with Crippen LogP contribution in [0, 0.1) is 5.92 Å². The lowest BCUT2D eigenvalue weighted by molar-refractivity contribution is 0.0507. The van der Waals surface area contributed by atoms with Gasteiger partial charge in [0.25, 0.3) is 5.91 Å². The van der Waals surface area contributed by atoms with Crippen LogP contribution in [0.2, 0.25) is 0 Å². The van der Waals surface area contributed by atoms with Crippen LogP contribution in [0.5, 0.6) is 0 Å². The lowest BCUT2D eigenvalue weighted by Crippen LogP contribution is -2.44. The van der Waals surface area contributed by atoms with E-state index in [4.69, 9.17) is 4.98 Å². The summed E-state index contributed by atoms with van der Waals surface area (Å²) in [6.07, 6.45) is 8.24. The number of piperidine rings is 1. The molecule has 3 aromatic rings. The second-order valence-corrected chi connectivity index (χ2v) is 9.06. The number of benzene rings is 2. The Morgan fingerprint density at radius 3 is 2.38 bits per heavy atom. The lowest BCUT2D eigenvalue weighted by atomic mass is 9.87. The summed E-state index contributed by atoms with van der Waals surface area (Å²) in [4.78, 5) is 23.0. The molecule has 1 aromatic heterocycles. The molecule has 5 rings (SSSR count). The number of amides is 1. The van der Waals surface area contributed by atoms with Gasteiger partial charge in [-0.3, -0.25) is 4.79 Å². The van der Waals surface area contributed by atoms with Gasteiger partial charge in [-0.25, -0.2) is 4.98 Å². The van der Waals surface area contributed by atoms with Crippen LogP contribution in [0.25, 0.3) is 0 Å². The molecule has 2 aliphatic rings. The first-order chi connectivity index (χ1) is 15.8. The zero-order valence-corrected chi connectivity index (χ0v) is 18.6. The molecule has 0 saturated carbocycles. The maximum Gasteiger partial charge on any atom is 0.254 e. The first kappa shape index (κ1) is 21.0. The zero-order chi connectivity index (χ0) is 21.8. The minimum absolute atomic E-state index is 0.0523. The molecule has 3 heterocycles. The second-order valence-electron chi connectivity index (χ2n) is 9.06. The first-order valence-corrected chi connectivity index (χ1v) is 11.9. The van der Waals surface area contributed by atoms with Crippen molar-refractivity contribution in [2.45, 2.75) is 38.3 Å². The summed E-state index contributed by atoms with van der Waals surface area (Å²) in [5.74, 6) is 1.64. The van der Waals surface area contributed by atoms with E-state index in [1.807, 2.05) is 36.5 Å². The number of rotatable bonds is 5. The summed E-state index contributed by atoms with van der Waals surface area (Å²) in [6, 6.07) is 20.5. The Hall–Kier alpha value is -2.92. The van der Waals surface area contributed by atoms with Gasteiger partial charge in [0.2, 0.25) is 0 Å². The number of imidazole rings is 1. The molecule has 2 aliphatic heterocycles. The van der Waals surface area contributed by atoms with E-state index in [0.29, 0.717) is 5.92 Å². The third kappa shape index (κ3) is 4.49. The zero-order valence-electron chi connectivity index (χ0n) is 18.6. The van der Waals surface area contributed by atoms with Gasteiger partial charge in [0.15, 0.2) is 0 Å². The minimum atomic E-state index is 0.0523. The summed E-state index contributed by atoms with van der Waals surface area (Å²) in [7, 11) is 0. The van der Waals surface area contributed by atoms with Crippen LogP contribution in [0.1, 0.15) is 47.1 Å². The molecule has 32 heavy (non-hydrogen) atoms. The predicted octanol–water partition coefficient (Wildman–Crippen LogP) is 4.43. The Bertz CT molecular complexity index is 1010. The molecule has 5 nitrogen and oxygen atoms in total. The van der Waals surface area contributed by atoms with Gasteiger partial charge in [-0.05, 0) is 62.4 Å². The van der Waals surface area contributed by atoms with Crippen molar-refractivity contribution in [2.75, 3.05) is 26.2 Å². The van der Waals surface area contributed by atoms with Crippen LogP contribution in [0.3, 0.4) is 0 Å². The molecule has 1 atom stereocenters. The number of hydrogen-bond acceptors (Lipinski definition) is 3. The summed E-state index contributed by atoms with van der Waals surface area (Å²) >= 11 is 0. The Labute approximate surface area is 190 Å². The number of fused-ring (bicyclic) bond motifs is 1. The van der Waals surface area contributed by atoms with Crippen LogP contribution in [-0.4, -0.2) is 51.4 Å². The highest BCUT2D eigenvalue weighted by atomic mass is 16.2. The van der Waals surface area contributed by atoms with Gasteiger partial charge >= 0.3 is 0 Å². The smallest absolute Gasteiger partial charge is 0.254 e. The van der Waals surface area contributed by atoms with Gasteiger partial charge in [-0.15, -0.1) is 0 Å². The molecule has 1 saturated heterocycles. The molecular formula is C27H32N4O. The van der Waals surface area contributed by atoms with Crippen molar-refractivity contribution in [1.29, 1.82) is 0 Å². The number of likely N-dealkylation sites (tertiary alicyclic amines) is 1. The average Bonchev–Trinajstić information content (AvgIpc) is 3.24. The third-order valence-electron chi connectivity index (χ3n) is 7.07. The normalized spacial score (nSPS) is 20.0. The van der Waals surface area contributed by atoms with Crippen molar-refractivity contribution < 1.29 is 4.79 Å². The van der Waals surface area contributed by atoms with Gasteiger partial charge in [0.05, 0.1) is 6.04 Å². The van der Waals surface area contributed by atoms with Crippen molar-refractivity contribution in [3.8, 4) is 0 Å². The number of aryl methyl sites for hydroxylation is 1. The van der Waals surface area contributed by atoms with Gasteiger partial charge in [-0.2, -0.15) is 0 Å². The number of hydrogen-bond donors (Lipinski definition) is 0. The standard InChI is InChI=1S/C27H32N4O/c32-27(24-10-5-2-6-11-24)31-17-7-16-30-21-15-28-26(30)25(31)23-13-19-29(20-14-23)18-12-22-8-3-1-4-9-22/h1-6,8-11,15,21,23,25H,7,12-14,16-20H2. The second kappa shape index (κ2) is 9.70. The number of nitrogens with zero attached hydrogens (tertiary/aromatic N) is 4. The van der Waals surface area contributed by atoms with Crippen molar-refractivity contribution in [3.63, 3.8) is 0 Å². The van der Waals surface area contributed by atoms with Gasteiger partial charge in [0.1, 0.15) is 5.82 Å². The fraction of sp³-hybridized carbons (Fsp3) is 0.407. The predicted molar refractivity (Wildman–Crippen MR) is 126 cm³/mol. The number of carbonyl (C=O) groups excluding carboxylic acids is 1. The molecule has 0 bridgehead atoms. The molecule has 5 heteroatoms. The highest BCUT2D eigenvalue weighted by Crippen LogP contribution is 2.37. The Morgan fingerprint density at radius 2 is 1.62 bits per heavy atom. The summed E-state index contributed by atoms with van der Waals surface area (Å²) < 4.78 is 2.27. The average molecular weight is 429 g/mol. The molecule has 0 aliphatic carbocycles. The van der Waals surface area contributed by atoms with Crippen molar-refractivity contribution in [1.82, 2.24) is 19.4 Å². The van der Waals surface area contributed by atoms with Crippen LogP contribution in [0.15, 0.2) is 73.1 Å². The molecule has 2 aromatic carbocycles.